The highest BCUT2D eigenvalue weighted by molar-refractivity contribution is 7.25. The molecule has 0 unspecified atom stereocenters. The Morgan fingerprint density at radius 3 is 1.22 bits per heavy atom. The predicted octanol–water partition coefficient (Wildman–Crippen LogP) is 28.4. The Balaban J connectivity index is 1.01. The molecular weight excluding hydrogens is 1250 g/mol. The summed E-state index contributed by atoms with van der Waals surface area (Å²) >= 11 is 1.94. The number of hydrogen-bond acceptors (Lipinski definition) is 1. The van der Waals surface area contributed by atoms with Gasteiger partial charge in [0, 0.05) is 75.2 Å². The number of rotatable bonds is 6. The van der Waals surface area contributed by atoms with Gasteiger partial charge in [0.1, 0.15) is 4.83 Å². The Kier molecular flexibility index (Phi) is 13.7. The van der Waals surface area contributed by atoms with Crippen LogP contribution in [0.5, 0.6) is 0 Å². The van der Waals surface area contributed by atoms with Gasteiger partial charge in [0.15, 0.2) is 0 Å². The molecule has 0 bridgehead atoms. The summed E-state index contributed by atoms with van der Waals surface area (Å²) in [5, 5.41) is 14.1. The van der Waals surface area contributed by atoms with Gasteiger partial charge in [-0.25, -0.2) is 0 Å². The van der Waals surface area contributed by atoms with Crippen molar-refractivity contribution in [2.75, 3.05) is 0 Å². The monoisotopic (exact) mass is 1340 g/mol. The number of hydrogen-bond donors (Lipinski definition) is 0. The quantitative estimate of drug-likeness (QED) is 0.158. The van der Waals surface area contributed by atoms with Gasteiger partial charge in [0.25, 0.3) is 0 Å². The first-order valence-electron chi connectivity index (χ1n) is 36.9. The van der Waals surface area contributed by atoms with Crippen LogP contribution in [0.2, 0.25) is 0 Å². The van der Waals surface area contributed by atoms with Crippen LogP contribution in [-0.2, 0) is 32.5 Å². The Hall–Kier alpha value is -10.0. The molecule has 0 fully saturated rings. The van der Waals surface area contributed by atoms with Crippen molar-refractivity contribution in [2.24, 2.45) is 0 Å². The van der Waals surface area contributed by atoms with Gasteiger partial charge >= 0.3 is 0 Å². The molecule has 0 spiro atoms. The second kappa shape index (κ2) is 21.8. The number of fused-ring (bicyclic) bond motifs is 18. The molecular formula is C98H91N3S. The minimum Gasteiger partial charge on any atom is -0.309 e. The van der Waals surface area contributed by atoms with Gasteiger partial charge < -0.3 is 8.97 Å². The maximum atomic E-state index is 2.72. The first-order chi connectivity index (χ1) is 48.3. The molecule has 0 saturated carbocycles. The van der Waals surface area contributed by atoms with Crippen LogP contribution in [0.25, 0.3) is 169 Å². The number of aromatic nitrogens is 3. The van der Waals surface area contributed by atoms with E-state index in [1.165, 1.54) is 196 Å². The van der Waals surface area contributed by atoms with Gasteiger partial charge in [0.05, 0.1) is 38.6 Å². The maximum absolute atomic E-state index is 2.72. The van der Waals surface area contributed by atoms with Crippen molar-refractivity contribution in [3.8, 4) is 61.3 Å². The van der Waals surface area contributed by atoms with Crippen LogP contribution in [0, 0.1) is 0 Å². The summed E-state index contributed by atoms with van der Waals surface area (Å²) in [6.45, 7) is 42.6. The summed E-state index contributed by atoms with van der Waals surface area (Å²) < 4.78 is 9.22. The third-order valence-corrected chi connectivity index (χ3v) is 23.9. The molecule has 0 radical (unpaired) electrons. The zero-order chi connectivity index (χ0) is 71.0. The van der Waals surface area contributed by atoms with E-state index in [1.807, 2.05) is 11.3 Å². The van der Waals surface area contributed by atoms with Crippen LogP contribution < -0.4 is 0 Å². The highest BCUT2D eigenvalue weighted by Gasteiger charge is 2.32. The summed E-state index contributed by atoms with van der Waals surface area (Å²) in [5.41, 5.74) is 29.8. The molecule has 102 heavy (non-hydrogen) atoms. The van der Waals surface area contributed by atoms with Gasteiger partial charge in [-0.05, 0) is 195 Å². The topological polar surface area (TPSA) is 13.8 Å². The first-order valence-corrected chi connectivity index (χ1v) is 37.7. The third-order valence-electron chi connectivity index (χ3n) is 22.7. The molecule has 0 aliphatic rings. The number of benzene rings is 12. The van der Waals surface area contributed by atoms with E-state index in [-0.39, 0.29) is 32.5 Å². The van der Waals surface area contributed by atoms with Crippen LogP contribution in [0.3, 0.4) is 0 Å². The van der Waals surface area contributed by atoms with E-state index in [1.54, 1.807) is 0 Å². The van der Waals surface area contributed by atoms with E-state index < -0.39 is 0 Å². The summed E-state index contributed by atoms with van der Waals surface area (Å²) in [6.07, 6.45) is 0. The van der Waals surface area contributed by atoms with Crippen molar-refractivity contribution in [3.63, 3.8) is 0 Å². The van der Waals surface area contributed by atoms with Gasteiger partial charge in [-0.2, -0.15) is 0 Å². The molecule has 18 aromatic rings. The fourth-order valence-corrected chi connectivity index (χ4v) is 18.0. The first kappa shape index (κ1) is 64.1. The summed E-state index contributed by atoms with van der Waals surface area (Å²) in [6, 6.07) is 88.1. The molecule has 18 rings (SSSR count). The average Bonchev–Trinajstić information content (AvgIpc) is 1.50. The van der Waals surface area contributed by atoms with Crippen molar-refractivity contribution in [2.45, 2.75) is 157 Å². The molecule has 4 heteroatoms. The van der Waals surface area contributed by atoms with Gasteiger partial charge in [-0.15, -0.1) is 11.3 Å². The van der Waals surface area contributed by atoms with E-state index in [0.717, 1.165) is 5.69 Å². The van der Waals surface area contributed by atoms with Gasteiger partial charge in [0.2, 0.25) is 0 Å². The molecule has 0 saturated heterocycles. The molecule has 0 aliphatic heterocycles. The van der Waals surface area contributed by atoms with Crippen LogP contribution >= 0.6 is 11.3 Å². The van der Waals surface area contributed by atoms with E-state index in [4.69, 9.17) is 0 Å². The lowest BCUT2D eigenvalue weighted by Gasteiger charge is -2.26. The second-order valence-corrected chi connectivity index (χ2v) is 37.0. The lowest BCUT2D eigenvalue weighted by atomic mass is 9.78. The van der Waals surface area contributed by atoms with Crippen LogP contribution in [0.15, 0.2) is 224 Å². The number of para-hydroxylation sites is 1. The zero-order valence-electron chi connectivity index (χ0n) is 62.6. The van der Waals surface area contributed by atoms with Crippen molar-refractivity contribution in [1.82, 2.24) is 13.4 Å². The Bertz CT molecular complexity index is 6430. The average molecular weight is 1340 g/mol. The van der Waals surface area contributed by atoms with Crippen LogP contribution in [-0.4, -0.2) is 13.4 Å². The zero-order valence-corrected chi connectivity index (χ0v) is 63.4. The fourth-order valence-electron chi connectivity index (χ4n) is 16.8. The van der Waals surface area contributed by atoms with Crippen LogP contribution in [0.4, 0.5) is 0 Å². The minimum absolute atomic E-state index is 0.0367. The molecule has 3 nitrogen and oxygen atoms in total. The fraction of sp³-hybridized carbons (Fsp3) is 0.245. The number of nitrogens with zero attached hydrogens (tertiary/aromatic N) is 3. The summed E-state index contributed by atoms with van der Waals surface area (Å²) in [7, 11) is 0. The smallest absolute Gasteiger partial charge is 0.109 e. The van der Waals surface area contributed by atoms with Crippen molar-refractivity contribution in [1.29, 1.82) is 0 Å². The van der Waals surface area contributed by atoms with E-state index in [0.29, 0.717) is 0 Å². The molecule has 12 aromatic carbocycles. The molecule has 0 amide bonds. The Labute approximate surface area is 604 Å². The van der Waals surface area contributed by atoms with E-state index in [9.17, 15) is 0 Å². The third kappa shape index (κ3) is 9.93. The Morgan fingerprint density at radius 1 is 0.235 bits per heavy atom. The summed E-state index contributed by atoms with van der Waals surface area (Å²) in [4.78, 5) is 1.30. The maximum Gasteiger partial charge on any atom is 0.109 e. The van der Waals surface area contributed by atoms with Crippen molar-refractivity contribution < 1.29 is 0 Å². The highest BCUT2D eigenvalue weighted by atomic mass is 32.1. The molecule has 0 aliphatic carbocycles. The molecule has 0 N–H and O–H groups in total. The van der Waals surface area contributed by atoms with Gasteiger partial charge in [-0.3, -0.25) is 4.40 Å². The largest absolute Gasteiger partial charge is 0.309 e. The normalized spacial score (nSPS) is 13.4. The second-order valence-electron chi connectivity index (χ2n) is 36.0. The SMILES string of the molecule is CC(C)(C)c1cc(-c2cc(-c3ccc4c(c3)c3ccccc3n4-c3cccc(-c4ccccc4)c3)c3c(c2)c2cc(-c4cc(C(C)(C)C)cc(C(C)(C)C)c4)cc4c5c(ccc6c7cc(-c8cc(C(C)(C)C)cc(C(C)(C)C)c8)cc8c9c%10ccccc%10sc9n(c78)c65)n3c24)cc(C(C)(C)C)c1. The number of thiophene rings is 1. The van der Waals surface area contributed by atoms with E-state index >= 15 is 0 Å². The van der Waals surface area contributed by atoms with Crippen molar-refractivity contribution in [3.05, 3.63) is 258 Å². The standard InChI is InChI=1S/C98H91N3S/c1-93(2,3)65-39-59(40-66(53-65)94(4,5)6)62-47-75(58-35-37-83-76(46-58)72-31-22-24-33-82(72)99(83)71-30-26-29-57(45-71)56-27-20-19-21-28-56)88-78(49-62)79-50-64(61-43-69(97(13,14)15)55-70(44-61)98(16,17)18)52-81-87-84(100(88)89(79)81)38-36-73-77-48-63(60-41-67(95(7,8)9)54-68(42-60)96(10,11)12)51-80-86-74-32-23-25-34-85(74)102-92(86)101(90(77)80)91(73)87/h19-55H,1-18H3. The summed E-state index contributed by atoms with van der Waals surface area (Å²) in [5.74, 6) is 0. The lowest BCUT2D eigenvalue weighted by Crippen LogP contribution is -2.16. The molecule has 0 atom stereocenters. The Morgan fingerprint density at radius 2 is 0.657 bits per heavy atom. The molecule has 6 heterocycles. The predicted molar refractivity (Wildman–Crippen MR) is 445 cm³/mol. The minimum atomic E-state index is -0.0837. The highest BCUT2D eigenvalue weighted by Crippen LogP contribution is 2.54. The van der Waals surface area contributed by atoms with Gasteiger partial charge in [-0.1, -0.05) is 270 Å². The van der Waals surface area contributed by atoms with Crippen LogP contribution in [0.1, 0.15) is 158 Å². The lowest BCUT2D eigenvalue weighted by molar-refractivity contribution is 0.568. The van der Waals surface area contributed by atoms with E-state index in [2.05, 4.69) is 362 Å². The van der Waals surface area contributed by atoms with Crippen molar-refractivity contribution >= 4 is 119 Å². The molecule has 6 aromatic heterocycles. The molecule has 504 valence electrons.